The fraction of sp³-hybridized carbons (Fsp3) is 0.786. The van der Waals surface area contributed by atoms with Gasteiger partial charge in [0.05, 0.1) is 11.7 Å². The summed E-state index contributed by atoms with van der Waals surface area (Å²) in [7, 11) is 0. The van der Waals surface area contributed by atoms with Gasteiger partial charge >= 0.3 is 0 Å². The predicted octanol–water partition coefficient (Wildman–Crippen LogP) is 2.99. The second-order valence-electron chi connectivity index (χ2n) is 5.21. The van der Waals surface area contributed by atoms with Crippen LogP contribution in [-0.2, 0) is 6.54 Å². The molecule has 0 aliphatic heterocycles. The minimum Gasteiger partial charge on any atom is -0.309 e. The molecule has 1 fully saturated rings. The van der Waals surface area contributed by atoms with Crippen LogP contribution in [0.2, 0.25) is 0 Å². The van der Waals surface area contributed by atoms with Crippen LogP contribution < -0.4 is 5.32 Å². The molecule has 0 spiro atoms. The molecule has 0 radical (unpaired) electrons. The Balaban J connectivity index is 2.15. The third-order valence-corrected chi connectivity index (χ3v) is 3.82. The Morgan fingerprint density at radius 3 is 2.82 bits per heavy atom. The highest BCUT2D eigenvalue weighted by molar-refractivity contribution is 5.10. The molecule has 3 nitrogen and oxygen atoms in total. The zero-order valence-corrected chi connectivity index (χ0v) is 11.3. The highest BCUT2D eigenvalue weighted by Gasteiger charge is 2.34. The van der Waals surface area contributed by atoms with E-state index in [0.29, 0.717) is 6.04 Å². The zero-order valence-electron chi connectivity index (χ0n) is 11.3. The van der Waals surface area contributed by atoms with E-state index in [0.717, 1.165) is 31.3 Å². The predicted molar refractivity (Wildman–Crippen MR) is 70.8 cm³/mol. The molecule has 2 atom stereocenters. The molecule has 17 heavy (non-hydrogen) atoms. The van der Waals surface area contributed by atoms with Crippen molar-refractivity contribution in [2.45, 2.75) is 52.6 Å². The van der Waals surface area contributed by atoms with Gasteiger partial charge in [-0.3, -0.25) is 4.68 Å². The van der Waals surface area contributed by atoms with Gasteiger partial charge < -0.3 is 5.32 Å². The van der Waals surface area contributed by atoms with Crippen molar-refractivity contribution in [3.63, 3.8) is 0 Å². The average Bonchev–Trinajstić information content (AvgIpc) is 3.08. The maximum absolute atomic E-state index is 4.45. The average molecular weight is 235 g/mol. The van der Waals surface area contributed by atoms with Crippen molar-refractivity contribution in [1.29, 1.82) is 0 Å². The molecule has 96 valence electrons. The van der Waals surface area contributed by atoms with Crippen molar-refractivity contribution in [2.75, 3.05) is 6.54 Å². The van der Waals surface area contributed by atoms with Crippen LogP contribution in [0.25, 0.3) is 0 Å². The van der Waals surface area contributed by atoms with Crippen LogP contribution in [0.3, 0.4) is 0 Å². The molecule has 0 saturated heterocycles. The Labute approximate surface area is 105 Å². The molecule has 1 aliphatic carbocycles. The summed E-state index contributed by atoms with van der Waals surface area (Å²) in [5.41, 5.74) is 1.37. The normalized spacial score (nSPS) is 19.2. The minimum atomic E-state index is 0.474. The lowest BCUT2D eigenvalue weighted by Gasteiger charge is -2.25. The molecule has 2 unspecified atom stereocenters. The van der Waals surface area contributed by atoms with Crippen molar-refractivity contribution >= 4 is 0 Å². The first-order valence-electron chi connectivity index (χ1n) is 7.03. The Hall–Kier alpha value is -0.830. The van der Waals surface area contributed by atoms with Gasteiger partial charge in [0, 0.05) is 12.7 Å². The summed E-state index contributed by atoms with van der Waals surface area (Å²) in [5.74, 6) is 1.64. The van der Waals surface area contributed by atoms with Crippen LogP contribution in [0.15, 0.2) is 12.3 Å². The van der Waals surface area contributed by atoms with Gasteiger partial charge in [-0.2, -0.15) is 5.10 Å². The number of hydrogen-bond acceptors (Lipinski definition) is 2. The van der Waals surface area contributed by atoms with Crippen molar-refractivity contribution < 1.29 is 0 Å². The number of nitrogens with one attached hydrogen (secondary N) is 1. The summed E-state index contributed by atoms with van der Waals surface area (Å²) >= 11 is 0. The molecule has 1 aliphatic rings. The fourth-order valence-electron chi connectivity index (χ4n) is 2.68. The van der Waals surface area contributed by atoms with Crippen molar-refractivity contribution in [3.05, 3.63) is 18.0 Å². The molecular weight excluding hydrogens is 210 g/mol. The van der Waals surface area contributed by atoms with Gasteiger partial charge in [0.15, 0.2) is 0 Å². The quantitative estimate of drug-likeness (QED) is 0.787. The maximum atomic E-state index is 4.45. The maximum Gasteiger partial charge on any atom is 0.0556 e. The van der Waals surface area contributed by atoms with E-state index in [1.54, 1.807) is 0 Å². The molecule has 2 rings (SSSR count). The standard InChI is InChI=1S/C14H25N3/c1-4-10-17-13(8-9-16-17)14(15-5-2)11(3)12-6-7-12/h8-9,11-12,14-15H,4-7,10H2,1-3H3. The summed E-state index contributed by atoms with van der Waals surface area (Å²) in [6.45, 7) is 8.83. The molecule has 0 aromatic carbocycles. The van der Waals surface area contributed by atoms with E-state index in [2.05, 4.69) is 41.9 Å². The fourth-order valence-corrected chi connectivity index (χ4v) is 2.68. The van der Waals surface area contributed by atoms with Crippen LogP contribution in [0, 0.1) is 11.8 Å². The van der Waals surface area contributed by atoms with Gasteiger partial charge in [0.1, 0.15) is 0 Å². The summed E-state index contributed by atoms with van der Waals surface area (Å²) in [6, 6.07) is 2.66. The van der Waals surface area contributed by atoms with Crippen LogP contribution in [0.1, 0.15) is 51.8 Å². The zero-order chi connectivity index (χ0) is 12.3. The number of nitrogens with zero attached hydrogens (tertiary/aromatic N) is 2. The molecule has 0 bridgehead atoms. The highest BCUT2D eigenvalue weighted by Crippen LogP contribution is 2.42. The summed E-state index contributed by atoms with van der Waals surface area (Å²) in [6.07, 6.45) is 5.90. The first-order valence-corrected chi connectivity index (χ1v) is 7.03. The van der Waals surface area contributed by atoms with Gasteiger partial charge in [-0.15, -0.1) is 0 Å². The third kappa shape index (κ3) is 2.89. The van der Waals surface area contributed by atoms with Gasteiger partial charge in [0.25, 0.3) is 0 Å². The Kier molecular flexibility index (Phi) is 4.21. The van der Waals surface area contributed by atoms with E-state index < -0.39 is 0 Å². The number of aromatic nitrogens is 2. The Morgan fingerprint density at radius 2 is 2.24 bits per heavy atom. The van der Waals surface area contributed by atoms with E-state index >= 15 is 0 Å². The number of aryl methyl sites for hydroxylation is 1. The van der Waals surface area contributed by atoms with Crippen molar-refractivity contribution in [3.8, 4) is 0 Å². The van der Waals surface area contributed by atoms with Gasteiger partial charge in [-0.1, -0.05) is 20.8 Å². The summed E-state index contributed by atoms with van der Waals surface area (Å²) in [4.78, 5) is 0. The molecule has 1 saturated carbocycles. The SMILES string of the molecule is CCCn1nccc1C(NCC)C(C)C1CC1. The first-order chi connectivity index (χ1) is 8.27. The molecule has 1 N–H and O–H groups in total. The van der Waals surface area contributed by atoms with Crippen LogP contribution in [-0.4, -0.2) is 16.3 Å². The lowest BCUT2D eigenvalue weighted by Crippen LogP contribution is -2.30. The van der Waals surface area contributed by atoms with Gasteiger partial charge in [-0.05, 0) is 43.7 Å². The lowest BCUT2D eigenvalue weighted by molar-refractivity contribution is 0.333. The third-order valence-electron chi connectivity index (χ3n) is 3.82. The molecule has 0 amide bonds. The van der Waals surface area contributed by atoms with E-state index in [-0.39, 0.29) is 0 Å². The second kappa shape index (κ2) is 5.67. The smallest absolute Gasteiger partial charge is 0.0556 e. The monoisotopic (exact) mass is 235 g/mol. The summed E-state index contributed by atoms with van der Waals surface area (Å²) < 4.78 is 2.17. The van der Waals surface area contributed by atoms with Crippen molar-refractivity contribution in [2.24, 2.45) is 11.8 Å². The van der Waals surface area contributed by atoms with Crippen LogP contribution in [0.5, 0.6) is 0 Å². The highest BCUT2D eigenvalue weighted by atomic mass is 15.3. The molecule has 1 aromatic heterocycles. The van der Waals surface area contributed by atoms with Crippen LogP contribution >= 0.6 is 0 Å². The van der Waals surface area contributed by atoms with Crippen LogP contribution in [0.4, 0.5) is 0 Å². The van der Waals surface area contributed by atoms with E-state index in [4.69, 9.17) is 0 Å². The molecule has 3 heteroatoms. The number of rotatable bonds is 7. The van der Waals surface area contributed by atoms with Gasteiger partial charge in [0.2, 0.25) is 0 Å². The molecule has 1 heterocycles. The topological polar surface area (TPSA) is 29.9 Å². The van der Waals surface area contributed by atoms with E-state index in [1.807, 2.05) is 6.20 Å². The van der Waals surface area contributed by atoms with Gasteiger partial charge in [-0.25, -0.2) is 0 Å². The second-order valence-corrected chi connectivity index (χ2v) is 5.21. The van der Waals surface area contributed by atoms with Crippen molar-refractivity contribution in [1.82, 2.24) is 15.1 Å². The Morgan fingerprint density at radius 1 is 1.47 bits per heavy atom. The number of hydrogen-bond donors (Lipinski definition) is 1. The largest absolute Gasteiger partial charge is 0.309 e. The molecule has 1 aromatic rings. The Bertz CT molecular complexity index is 341. The lowest BCUT2D eigenvalue weighted by atomic mass is 9.94. The first kappa shape index (κ1) is 12.6. The minimum absolute atomic E-state index is 0.474. The van der Waals surface area contributed by atoms with E-state index in [1.165, 1.54) is 18.5 Å². The van der Waals surface area contributed by atoms with E-state index in [9.17, 15) is 0 Å². The molecular formula is C14H25N3. The summed E-state index contributed by atoms with van der Waals surface area (Å²) in [5, 5.41) is 8.09.